The van der Waals surface area contributed by atoms with E-state index in [0.29, 0.717) is 5.92 Å². The summed E-state index contributed by atoms with van der Waals surface area (Å²) < 4.78 is 1.17. The number of hydrogen-bond acceptors (Lipinski definition) is 0. The molecule has 2 aromatic rings. The van der Waals surface area contributed by atoms with E-state index in [1.165, 1.54) is 32.3 Å². The molecule has 0 amide bonds. The molecule has 2 rings (SSSR count). The molecule has 0 aromatic heterocycles. The molecule has 0 unspecified atom stereocenters. The van der Waals surface area contributed by atoms with Crippen LogP contribution in [0.5, 0.6) is 0 Å². The number of aryl methyl sites for hydroxylation is 2. The van der Waals surface area contributed by atoms with Crippen molar-refractivity contribution in [2.45, 2.75) is 33.6 Å². The van der Waals surface area contributed by atoms with Crippen molar-refractivity contribution >= 4 is 15.9 Å². The highest BCUT2D eigenvalue weighted by Gasteiger charge is 2.12. The van der Waals surface area contributed by atoms with Gasteiger partial charge in [0.2, 0.25) is 0 Å². The Hall–Kier alpha value is -1.08. The van der Waals surface area contributed by atoms with Gasteiger partial charge in [0.05, 0.1) is 0 Å². The topological polar surface area (TPSA) is 0 Å². The second-order valence-corrected chi connectivity index (χ2v) is 6.12. The maximum Gasteiger partial charge on any atom is 0.0181 e. The van der Waals surface area contributed by atoms with Gasteiger partial charge in [-0.3, -0.25) is 0 Å². The molecule has 0 radical (unpaired) electrons. The first-order valence-electron chi connectivity index (χ1n) is 6.36. The lowest BCUT2D eigenvalue weighted by molar-refractivity contribution is 0.866. The smallest absolute Gasteiger partial charge is 0.0181 e. The third kappa shape index (κ3) is 2.67. The number of benzene rings is 2. The molecule has 0 nitrogen and oxygen atoms in total. The molecule has 0 aliphatic heterocycles. The molecule has 2 aromatic carbocycles. The Kier molecular flexibility index (Phi) is 3.91. The zero-order chi connectivity index (χ0) is 13.3. The van der Waals surface area contributed by atoms with Gasteiger partial charge in [0, 0.05) is 4.47 Å². The second kappa shape index (κ2) is 5.27. The minimum absolute atomic E-state index is 0.525. The monoisotopic (exact) mass is 302 g/mol. The molecule has 0 spiro atoms. The van der Waals surface area contributed by atoms with Gasteiger partial charge in [0.15, 0.2) is 0 Å². The summed E-state index contributed by atoms with van der Waals surface area (Å²) in [6.07, 6.45) is 0. The molecule has 0 aliphatic rings. The summed E-state index contributed by atoms with van der Waals surface area (Å²) in [4.78, 5) is 0. The molecule has 0 bridgehead atoms. The van der Waals surface area contributed by atoms with E-state index < -0.39 is 0 Å². The third-order valence-corrected chi connectivity index (χ3v) is 3.75. The standard InChI is InChI=1S/C17H19Br/c1-11(2)16-10-15(18)9-13(4)17(16)14-7-5-12(3)6-8-14/h5-11H,1-4H3. The van der Waals surface area contributed by atoms with Crippen LogP contribution in [0.1, 0.15) is 36.5 Å². The lowest BCUT2D eigenvalue weighted by Gasteiger charge is -2.17. The average Bonchev–Trinajstić information content (AvgIpc) is 2.29. The van der Waals surface area contributed by atoms with Crippen molar-refractivity contribution in [3.8, 4) is 11.1 Å². The maximum atomic E-state index is 3.60. The lowest BCUT2D eigenvalue weighted by atomic mass is 9.89. The van der Waals surface area contributed by atoms with E-state index in [1.54, 1.807) is 0 Å². The molecule has 0 heterocycles. The van der Waals surface area contributed by atoms with Gasteiger partial charge < -0.3 is 0 Å². The van der Waals surface area contributed by atoms with Crippen LogP contribution in [0.2, 0.25) is 0 Å². The molecule has 0 saturated heterocycles. The minimum atomic E-state index is 0.525. The van der Waals surface area contributed by atoms with Crippen molar-refractivity contribution in [3.05, 3.63) is 57.6 Å². The fraction of sp³-hybridized carbons (Fsp3) is 0.294. The van der Waals surface area contributed by atoms with Crippen LogP contribution in [0.3, 0.4) is 0 Å². The van der Waals surface area contributed by atoms with Crippen LogP contribution in [0, 0.1) is 13.8 Å². The van der Waals surface area contributed by atoms with Gasteiger partial charge >= 0.3 is 0 Å². The van der Waals surface area contributed by atoms with Gasteiger partial charge in [-0.1, -0.05) is 59.6 Å². The van der Waals surface area contributed by atoms with E-state index in [1.807, 2.05) is 0 Å². The van der Waals surface area contributed by atoms with Gasteiger partial charge in [0.1, 0.15) is 0 Å². The van der Waals surface area contributed by atoms with Crippen molar-refractivity contribution in [1.82, 2.24) is 0 Å². The molecular weight excluding hydrogens is 284 g/mol. The molecule has 0 N–H and O–H groups in total. The molecule has 1 heteroatoms. The Labute approximate surface area is 118 Å². The minimum Gasteiger partial charge on any atom is -0.0587 e. The van der Waals surface area contributed by atoms with Crippen LogP contribution >= 0.6 is 15.9 Å². The largest absolute Gasteiger partial charge is 0.0587 e. The summed E-state index contributed by atoms with van der Waals surface area (Å²) in [6.45, 7) is 8.81. The van der Waals surface area contributed by atoms with Crippen molar-refractivity contribution in [2.24, 2.45) is 0 Å². The zero-order valence-corrected chi connectivity index (χ0v) is 13.0. The Morgan fingerprint density at radius 3 is 2.11 bits per heavy atom. The molecule has 0 aliphatic carbocycles. The van der Waals surface area contributed by atoms with Crippen LogP contribution in [0.25, 0.3) is 11.1 Å². The summed E-state index contributed by atoms with van der Waals surface area (Å²) in [7, 11) is 0. The van der Waals surface area contributed by atoms with E-state index in [4.69, 9.17) is 0 Å². The highest BCUT2D eigenvalue weighted by molar-refractivity contribution is 9.10. The van der Waals surface area contributed by atoms with Crippen molar-refractivity contribution in [2.75, 3.05) is 0 Å². The second-order valence-electron chi connectivity index (χ2n) is 5.21. The van der Waals surface area contributed by atoms with Gasteiger partial charge in [0.25, 0.3) is 0 Å². The van der Waals surface area contributed by atoms with E-state index in [2.05, 4.69) is 80.0 Å². The highest BCUT2D eigenvalue weighted by atomic mass is 79.9. The number of halogens is 1. The molecule has 94 valence electrons. The van der Waals surface area contributed by atoms with Crippen LogP contribution in [0.4, 0.5) is 0 Å². The van der Waals surface area contributed by atoms with E-state index in [0.717, 1.165) is 0 Å². The Balaban J connectivity index is 2.65. The van der Waals surface area contributed by atoms with Crippen LogP contribution < -0.4 is 0 Å². The predicted octanol–water partition coefficient (Wildman–Crippen LogP) is 5.86. The van der Waals surface area contributed by atoms with E-state index >= 15 is 0 Å². The van der Waals surface area contributed by atoms with Crippen LogP contribution in [-0.2, 0) is 0 Å². The Morgan fingerprint density at radius 1 is 0.944 bits per heavy atom. The Bertz CT molecular complexity index is 551. The van der Waals surface area contributed by atoms with Crippen LogP contribution in [-0.4, -0.2) is 0 Å². The summed E-state index contributed by atoms with van der Waals surface area (Å²) in [6, 6.07) is 13.2. The number of hydrogen-bond donors (Lipinski definition) is 0. The van der Waals surface area contributed by atoms with Gasteiger partial charge in [-0.25, -0.2) is 0 Å². The highest BCUT2D eigenvalue weighted by Crippen LogP contribution is 2.34. The predicted molar refractivity (Wildman–Crippen MR) is 83.1 cm³/mol. The summed E-state index contributed by atoms with van der Waals surface area (Å²) in [5, 5.41) is 0. The molecular formula is C17H19Br. The quantitative estimate of drug-likeness (QED) is 0.652. The first-order chi connectivity index (χ1) is 8.49. The summed E-state index contributed by atoms with van der Waals surface area (Å²) >= 11 is 3.60. The first-order valence-corrected chi connectivity index (χ1v) is 7.15. The van der Waals surface area contributed by atoms with Gasteiger partial charge in [-0.2, -0.15) is 0 Å². The third-order valence-electron chi connectivity index (χ3n) is 3.29. The fourth-order valence-electron chi connectivity index (χ4n) is 2.34. The average molecular weight is 303 g/mol. The fourth-order valence-corrected chi connectivity index (χ4v) is 2.93. The lowest BCUT2D eigenvalue weighted by Crippen LogP contribution is -1.96. The van der Waals surface area contributed by atoms with Gasteiger partial charge in [-0.05, 0) is 54.2 Å². The normalized spacial score (nSPS) is 11.0. The van der Waals surface area contributed by atoms with Crippen molar-refractivity contribution < 1.29 is 0 Å². The van der Waals surface area contributed by atoms with Crippen molar-refractivity contribution in [3.63, 3.8) is 0 Å². The molecule has 0 atom stereocenters. The summed E-state index contributed by atoms with van der Waals surface area (Å²) in [5.74, 6) is 0.525. The Morgan fingerprint density at radius 2 is 1.56 bits per heavy atom. The number of rotatable bonds is 2. The van der Waals surface area contributed by atoms with E-state index in [9.17, 15) is 0 Å². The summed E-state index contributed by atoms with van der Waals surface area (Å²) in [5.41, 5.74) is 6.74. The molecule has 0 saturated carbocycles. The first kappa shape index (κ1) is 13.4. The van der Waals surface area contributed by atoms with Crippen molar-refractivity contribution in [1.29, 1.82) is 0 Å². The maximum absolute atomic E-state index is 3.60. The molecule has 0 fully saturated rings. The van der Waals surface area contributed by atoms with E-state index in [-0.39, 0.29) is 0 Å². The SMILES string of the molecule is Cc1ccc(-c2c(C)cc(Br)cc2C(C)C)cc1. The van der Waals surface area contributed by atoms with Gasteiger partial charge in [-0.15, -0.1) is 0 Å². The van der Waals surface area contributed by atoms with Crippen LogP contribution in [0.15, 0.2) is 40.9 Å². The zero-order valence-electron chi connectivity index (χ0n) is 11.4. The molecule has 18 heavy (non-hydrogen) atoms.